The van der Waals surface area contributed by atoms with Gasteiger partial charge in [-0.05, 0) is 65.8 Å². The molecule has 0 bridgehead atoms. The number of nitrogens with zero attached hydrogens (tertiary/aromatic N) is 11. The van der Waals surface area contributed by atoms with E-state index in [4.69, 9.17) is 0 Å². The molecule has 0 aliphatic rings. The van der Waals surface area contributed by atoms with Crippen molar-refractivity contribution < 1.29 is 0 Å². The Kier molecular flexibility index (Phi) is 50.6. The van der Waals surface area contributed by atoms with Gasteiger partial charge in [0.1, 0.15) is 5.82 Å². The van der Waals surface area contributed by atoms with Gasteiger partial charge in [0.2, 0.25) is 0 Å². The van der Waals surface area contributed by atoms with Crippen molar-refractivity contribution in [2.24, 2.45) is 42.3 Å². The lowest BCUT2D eigenvalue weighted by Crippen LogP contribution is -1.90. The van der Waals surface area contributed by atoms with Crippen molar-refractivity contribution in [3.05, 3.63) is 115 Å². The van der Waals surface area contributed by atoms with Crippen LogP contribution in [0.15, 0.2) is 80.3 Å². The highest BCUT2D eigenvalue weighted by molar-refractivity contribution is 5.03. The summed E-state index contributed by atoms with van der Waals surface area (Å²) in [4.78, 5) is 11.8. The van der Waals surface area contributed by atoms with E-state index in [9.17, 15) is 0 Å². The second-order valence-electron chi connectivity index (χ2n) is 9.90. The van der Waals surface area contributed by atoms with Crippen LogP contribution in [0.25, 0.3) is 0 Å². The van der Waals surface area contributed by atoms with E-state index in [-0.39, 0.29) is 0 Å². The van der Waals surface area contributed by atoms with Crippen molar-refractivity contribution in [2.45, 2.75) is 125 Å². The Morgan fingerprint density at radius 3 is 1.15 bits per heavy atom. The van der Waals surface area contributed by atoms with Crippen molar-refractivity contribution >= 4 is 0 Å². The van der Waals surface area contributed by atoms with Crippen molar-refractivity contribution in [3.63, 3.8) is 0 Å². The number of imidazole rings is 3. The van der Waals surface area contributed by atoms with E-state index in [0.29, 0.717) is 0 Å². The molecule has 0 aliphatic carbocycles. The fourth-order valence-corrected chi connectivity index (χ4v) is 2.92. The van der Waals surface area contributed by atoms with Gasteiger partial charge in [-0.15, -0.1) is 0 Å². The van der Waals surface area contributed by atoms with Crippen LogP contribution in [0.5, 0.6) is 0 Å². The first-order valence-electron chi connectivity index (χ1n) is 19.6. The number of rotatable bonds is 0. The molecule has 0 unspecified atom stereocenters. The largest absolute Gasteiger partial charge is 0.355 e. The molecule has 11 nitrogen and oxygen atoms in total. The maximum atomic E-state index is 4.03. The maximum Gasteiger partial charge on any atom is 0.105 e. The molecule has 0 radical (unpaired) electrons. The van der Waals surface area contributed by atoms with Gasteiger partial charge in [-0.1, -0.05) is 83.1 Å². The van der Waals surface area contributed by atoms with Gasteiger partial charge < -0.3 is 18.3 Å². The first kappa shape index (κ1) is 61.4. The van der Waals surface area contributed by atoms with E-state index < -0.39 is 0 Å². The molecule has 6 rings (SSSR count). The number of hydrogen-bond acceptors (Lipinski definition) is 5. The van der Waals surface area contributed by atoms with Crippen LogP contribution in [-0.2, 0) is 42.3 Å². The van der Waals surface area contributed by atoms with Crippen LogP contribution in [0.3, 0.4) is 0 Å². The SMILES string of the molecule is CC.CC.CC.CC.CC.CC.Cc1cccn1C.Cc1ccn(C)n1.Cc1ccnn1C.Cc1cn(C)cn1.Cc1cncn1C.Cc1nccn1C. The molecule has 312 valence electrons. The topological polar surface area (TPSA) is 94.0 Å². The van der Waals surface area contributed by atoms with Crippen LogP contribution < -0.4 is 0 Å². The van der Waals surface area contributed by atoms with Crippen LogP contribution in [0.2, 0.25) is 0 Å². The average Bonchev–Trinajstić information content (AvgIpc) is 4.09. The smallest absolute Gasteiger partial charge is 0.105 e. The molecule has 0 atom stereocenters. The van der Waals surface area contributed by atoms with Gasteiger partial charge in [0.15, 0.2) is 0 Å². The van der Waals surface area contributed by atoms with Gasteiger partial charge in [0.05, 0.1) is 24.0 Å². The lowest BCUT2D eigenvalue weighted by Gasteiger charge is -1.89. The van der Waals surface area contributed by atoms with Crippen molar-refractivity contribution in [1.82, 2.24) is 52.8 Å². The van der Waals surface area contributed by atoms with Gasteiger partial charge in [-0.3, -0.25) is 9.36 Å². The van der Waals surface area contributed by atoms with Gasteiger partial charge >= 0.3 is 0 Å². The number of aromatic nitrogens is 11. The van der Waals surface area contributed by atoms with E-state index in [0.717, 1.165) is 17.2 Å². The van der Waals surface area contributed by atoms with Crippen molar-refractivity contribution in [2.75, 3.05) is 0 Å². The Balaban J connectivity index is -0.000000121. The predicted octanol–water partition coefficient (Wildman–Crippen LogP) is 11.1. The molecule has 11 heteroatoms. The molecule has 0 aromatic carbocycles. The molecule has 6 aromatic rings. The molecule has 6 heterocycles. The van der Waals surface area contributed by atoms with E-state index in [2.05, 4.69) is 42.7 Å². The Morgan fingerprint density at radius 1 is 0.481 bits per heavy atom. The van der Waals surface area contributed by atoms with Gasteiger partial charge in [0, 0.05) is 103 Å². The third kappa shape index (κ3) is 35.7. The molecule has 0 fully saturated rings. The lowest BCUT2D eigenvalue weighted by atomic mass is 10.5. The molecule has 0 spiro atoms. The second-order valence-corrected chi connectivity index (χ2v) is 9.90. The van der Waals surface area contributed by atoms with E-state index in [1.165, 1.54) is 17.1 Å². The summed E-state index contributed by atoms with van der Waals surface area (Å²) in [5.74, 6) is 1.06. The molecule has 0 amide bonds. The van der Waals surface area contributed by atoms with Crippen LogP contribution in [0.4, 0.5) is 0 Å². The number of aryl methyl sites for hydroxylation is 12. The monoisotopic (exact) mass is 756 g/mol. The minimum absolute atomic E-state index is 1.06. The summed E-state index contributed by atoms with van der Waals surface area (Å²) in [5.41, 5.74) is 5.84. The maximum absolute atomic E-state index is 4.03. The first-order valence-corrected chi connectivity index (χ1v) is 19.6. The minimum atomic E-state index is 1.06. The highest BCUT2D eigenvalue weighted by atomic mass is 15.3. The van der Waals surface area contributed by atoms with Crippen LogP contribution in [-0.4, -0.2) is 52.8 Å². The van der Waals surface area contributed by atoms with Crippen LogP contribution in [0, 0.1) is 41.5 Å². The lowest BCUT2D eigenvalue weighted by molar-refractivity contribution is 0.740. The fourth-order valence-electron chi connectivity index (χ4n) is 2.92. The van der Waals surface area contributed by atoms with Gasteiger partial charge in [-0.25, -0.2) is 15.0 Å². The quantitative estimate of drug-likeness (QED) is 0.154. The molecule has 6 aromatic heterocycles. The van der Waals surface area contributed by atoms with Crippen molar-refractivity contribution in [1.29, 1.82) is 0 Å². The van der Waals surface area contributed by atoms with E-state index in [1.54, 1.807) is 29.7 Å². The molecule has 0 saturated carbocycles. The Labute approximate surface area is 333 Å². The van der Waals surface area contributed by atoms with Crippen molar-refractivity contribution in [3.8, 4) is 0 Å². The minimum Gasteiger partial charge on any atom is -0.355 e. The summed E-state index contributed by atoms with van der Waals surface area (Å²) in [6, 6.07) is 8.06. The zero-order valence-electron chi connectivity index (χ0n) is 39.4. The zero-order chi connectivity index (χ0) is 43.7. The highest BCUT2D eigenvalue weighted by Crippen LogP contribution is 1.94. The molecule has 54 heavy (non-hydrogen) atoms. The normalized spacial score (nSPS) is 8.00. The fraction of sp³-hybridized carbons (Fsp3) is 0.558. The summed E-state index contributed by atoms with van der Waals surface area (Å²) in [7, 11) is 11.8. The highest BCUT2D eigenvalue weighted by Gasteiger charge is 1.86. The molecule has 0 saturated heterocycles. The van der Waals surface area contributed by atoms with E-state index in [1.807, 2.05) is 228 Å². The third-order valence-electron chi connectivity index (χ3n) is 6.07. The van der Waals surface area contributed by atoms with Crippen LogP contribution >= 0.6 is 0 Å². The summed E-state index contributed by atoms with van der Waals surface area (Å²) >= 11 is 0. The Bertz CT molecular complexity index is 1240. The second kappa shape index (κ2) is 44.5. The molecule has 0 N–H and O–H groups in total. The molecule has 0 aliphatic heterocycles. The summed E-state index contributed by atoms with van der Waals surface area (Å²) in [6.45, 7) is 36.0. The summed E-state index contributed by atoms with van der Waals surface area (Å²) in [6.07, 6.45) is 16.8. The average molecular weight is 756 g/mol. The number of hydrogen-bond donors (Lipinski definition) is 0. The first-order chi connectivity index (χ1) is 25.8. The van der Waals surface area contributed by atoms with Crippen LogP contribution in [0.1, 0.15) is 117 Å². The zero-order valence-corrected chi connectivity index (χ0v) is 39.4. The third-order valence-corrected chi connectivity index (χ3v) is 6.07. The van der Waals surface area contributed by atoms with E-state index >= 15 is 0 Å². The summed E-state index contributed by atoms with van der Waals surface area (Å²) in [5, 5.41) is 7.96. The summed E-state index contributed by atoms with van der Waals surface area (Å²) < 4.78 is 11.6. The van der Waals surface area contributed by atoms with Gasteiger partial charge in [-0.2, -0.15) is 10.2 Å². The van der Waals surface area contributed by atoms with Gasteiger partial charge in [0.25, 0.3) is 0 Å². The Hall–Kier alpha value is -4.67. The Morgan fingerprint density at radius 2 is 1.04 bits per heavy atom. The standard InChI is InChI=1S/C6H9N.5C5H8N2.6C2H6/c1-6-4-3-5-7(6)2;1-5-3-7(2)4-6-5;1-5-3-6-4-7(5)2;1-5-6-3-4-7(5)2;1-5-3-4-7(2)6-5;1-5-3-4-6-7(5)2;6*1-2/h3-5H,1-2H3;5*3-4H,1-2H3;6*1-2H3. The molecular formula is C43H85N11. The predicted molar refractivity (Wildman–Crippen MR) is 238 cm³/mol. The molecular weight excluding hydrogens is 671 g/mol.